The van der Waals surface area contributed by atoms with Gasteiger partial charge in [0.25, 0.3) is 6.02 Å². The second-order valence-corrected chi connectivity index (χ2v) is 5.89. The monoisotopic (exact) mass is 333 g/mol. The van der Waals surface area contributed by atoms with Gasteiger partial charge in [-0.2, -0.15) is 4.39 Å². The van der Waals surface area contributed by atoms with E-state index in [9.17, 15) is 4.39 Å². The van der Waals surface area contributed by atoms with Gasteiger partial charge in [-0.25, -0.2) is 9.98 Å². The van der Waals surface area contributed by atoms with Crippen molar-refractivity contribution in [3.63, 3.8) is 0 Å². The lowest BCUT2D eigenvalue weighted by atomic mass is 9.83. The highest BCUT2D eigenvalue weighted by molar-refractivity contribution is 5.75. The van der Waals surface area contributed by atoms with Crippen LogP contribution < -0.4 is 5.73 Å². The molecule has 0 saturated carbocycles. The van der Waals surface area contributed by atoms with E-state index >= 15 is 0 Å². The fourth-order valence-electron chi connectivity index (χ4n) is 3.15. The number of benzene rings is 2. The van der Waals surface area contributed by atoms with Crippen LogP contribution in [0.15, 0.2) is 77.9 Å². The first kappa shape index (κ1) is 15.3. The van der Waals surface area contributed by atoms with E-state index in [1.807, 2.05) is 54.6 Å². The number of rotatable bonds is 3. The molecule has 1 atom stereocenters. The van der Waals surface area contributed by atoms with Crippen molar-refractivity contribution < 1.29 is 9.13 Å². The molecule has 1 aromatic heterocycles. The highest BCUT2D eigenvalue weighted by atomic mass is 19.1. The Morgan fingerprint density at radius 3 is 2.48 bits per heavy atom. The lowest BCUT2D eigenvalue weighted by molar-refractivity contribution is 0.278. The van der Waals surface area contributed by atoms with Crippen LogP contribution >= 0.6 is 0 Å². The Hall–Kier alpha value is -3.21. The number of hydrogen-bond donors (Lipinski definition) is 1. The molecule has 4 nitrogen and oxygen atoms in total. The summed E-state index contributed by atoms with van der Waals surface area (Å²) < 4.78 is 19.6. The highest BCUT2D eigenvalue weighted by Gasteiger charge is 2.40. The quantitative estimate of drug-likeness (QED) is 0.747. The van der Waals surface area contributed by atoms with Crippen molar-refractivity contribution in [2.45, 2.75) is 5.54 Å². The minimum atomic E-state index is -0.736. The molecule has 5 heteroatoms. The molecule has 124 valence electrons. The van der Waals surface area contributed by atoms with Crippen molar-refractivity contribution in [1.82, 2.24) is 4.98 Å². The summed E-state index contributed by atoms with van der Waals surface area (Å²) in [5.74, 6) is -0.501. The molecule has 0 spiro atoms. The summed E-state index contributed by atoms with van der Waals surface area (Å²) in [7, 11) is 0. The standard InChI is InChI=1S/C20H16FN3O/c21-18-17(10-5-11-23-18)14-6-4-9-16(12-14)20(13-25-19(22)24-20)15-7-2-1-3-8-15/h1-12H,13H2,(H2,22,24). The van der Waals surface area contributed by atoms with Crippen LogP contribution in [-0.2, 0) is 10.3 Å². The SMILES string of the molecule is NC1=NC(c2ccccc2)(c2cccc(-c3cccnc3F)c2)CO1. The number of aromatic nitrogens is 1. The Bertz CT molecular complexity index is 942. The third kappa shape index (κ3) is 2.63. The number of pyridine rings is 1. The number of aliphatic imine (C=N–C) groups is 1. The van der Waals surface area contributed by atoms with E-state index in [2.05, 4.69) is 9.98 Å². The molecule has 2 N–H and O–H groups in total. The van der Waals surface area contributed by atoms with Crippen LogP contribution in [0.25, 0.3) is 11.1 Å². The van der Waals surface area contributed by atoms with Gasteiger partial charge >= 0.3 is 0 Å². The molecule has 4 rings (SSSR count). The molecule has 1 unspecified atom stereocenters. The Kier molecular flexibility index (Phi) is 3.69. The molecule has 2 aromatic carbocycles. The Morgan fingerprint density at radius 2 is 1.76 bits per heavy atom. The lowest BCUT2D eigenvalue weighted by Gasteiger charge is -2.25. The van der Waals surface area contributed by atoms with Crippen molar-refractivity contribution in [2.75, 3.05) is 6.61 Å². The third-order valence-electron chi connectivity index (χ3n) is 4.39. The van der Waals surface area contributed by atoms with E-state index in [0.29, 0.717) is 12.2 Å². The average Bonchev–Trinajstić information content (AvgIpc) is 3.06. The zero-order valence-electron chi connectivity index (χ0n) is 13.4. The summed E-state index contributed by atoms with van der Waals surface area (Å²) in [6, 6.07) is 21.0. The topological polar surface area (TPSA) is 60.5 Å². The van der Waals surface area contributed by atoms with Crippen molar-refractivity contribution in [3.05, 3.63) is 90.0 Å². The fourth-order valence-corrected chi connectivity index (χ4v) is 3.15. The maximum Gasteiger partial charge on any atom is 0.283 e. The molecular weight excluding hydrogens is 317 g/mol. The largest absolute Gasteiger partial charge is 0.462 e. The average molecular weight is 333 g/mol. The van der Waals surface area contributed by atoms with Crippen LogP contribution in [0, 0.1) is 5.95 Å². The van der Waals surface area contributed by atoms with Gasteiger partial charge in [0.1, 0.15) is 6.61 Å². The maximum absolute atomic E-state index is 14.1. The van der Waals surface area contributed by atoms with Gasteiger partial charge in [0.05, 0.1) is 0 Å². The molecule has 1 aliphatic heterocycles. The third-order valence-corrected chi connectivity index (χ3v) is 4.39. The van der Waals surface area contributed by atoms with E-state index in [1.165, 1.54) is 6.20 Å². The Morgan fingerprint density at radius 1 is 0.960 bits per heavy atom. The molecular formula is C20H16FN3O. The smallest absolute Gasteiger partial charge is 0.283 e. The van der Waals surface area contributed by atoms with E-state index in [4.69, 9.17) is 10.5 Å². The normalized spacial score (nSPS) is 19.3. The highest BCUT2D eigenvalue weighted by Crippen LogP contribution is 2.38. The van der Waals surface area contributed by atoms with E-state index in [-0.39, 0.29) is 6.02 Å². The summed E-state index contributed by atoms with van der Waals surface area (Å²) >= 11 is 0. The molecule has 0 saturated heterocycles. The van der Waals surface area contributed by atoms with Crippen LogP contribution in [0.3, 0.4) is 0 Å². The van der Waals surface area contributed by atoms with Crippen molar-refractivity contribution in [3.8, 4) is 11.1 Å². The predicted octanol–water partition coefficient (Wildman–Crippen LogP) is 3.48. The van der Waals surface area contributed by atoms with Gasteiger partial charge < -0.3 is 10.5 Å². The van der Waals surface area contributed by atoms with Gasteiger partial charge in [0.2, 0.25) is 5.95 Å². The number of halogens is 1. The minimum Gasteiger partial charge on any atom is -0.462 e. The molecule has 3 aromatic rings. The van der Waals surface area contributed by atoms with Crippen LogP contribution in [0.5, 0.6) is 0 Å². The summed E-state index contributed by atoms with van der Waals surface area (Å²) in [5, 5.41) is 0. The van der Waals surface area contributed by atoms with Crippen LogP contribution in [-0.4, -0.2) is 17.6 Å². The Labute approximate surface area is 144 Å². The van der Waals surface area contributed by atoms with E-state index in [1.54, 1.807) is 12.1 Å². The van der Waals surface area contributed by atoms with Crippen LogP contribution in [0.4, 0.5) is 4.39 Å². The molecule has 25 heavy (non-hydrogen) atoms. The summed E-state index contributed by atoms with van der Waals surface area (Å²) in [6.07, 6.45) is 1.43. The minimum absolute atomic E-state index is 0.154. The predicted molar refractivity (Wildman–Crippen MR) is 94.4 cm³/mol. The first-order valence-electron chi connectivity index (χ1n) is 7.94. The first-order valence-corrected chi connectivity index (χ1v) is 7.94. The number of nitrogens with two attached hydrogens (primary N) is 1. The van der Waals surface area contributed by atoms with Gasteiger partial charge in [0, 0.05) is 11.8 Å². The Balaban J connectivity index is 1.88. The van der Waals surface area contributed by atoms with E-state index in [0.717, 1.165) is 16.7 Å². The van der Waals surface area contributed by atoms with E-state index < -0.39 is 11.5 Å². The van der Waals surface area contributed by atoms with Crippen LogP contribution in [0.2, 0.25) is 0 Å². The maximum atomic E-state index is 14.1. The van der Waals surface area contributed by atoms with Gasteiger partial charge in [0.15, 0.2) is 5.54 Å². The molecule has 1 aliphatic rings. The number of amidine groups is 1. The summed E-state index contributed by atoms with van der Waals surface area (Å²) in [4.78, 5) is 8.31. The van der Waals surface area contributed by atoms with Gasteiger partial charge in [-0.1, -0.05) is 48.5 Å². The second kappa shape index (κ2) is 6.02. The number of ether oxygens (including phenoxy) is 1. The molecule has 0 fully saturated rings. The van der Waals surface area contributed by atoms with Crippen molar-refractivity contribution in [2.24, 2.45) is 10.7 Å². The molecule has 0 aliphatic carbocycles. The fraction of sp³-hybridized carbons (Fsp3) is 0.100. The number of hydrogen-bond acceptors (Lipinski definition) is 4. The summed E-state index contributed by atoms with van der Waals surface area (Å²) in [5.41, 5.74) is 8.12. The second-order valence-electron chi connectivity index (χ2n) is 5.89. The zero-order valence-corrected chi connectivity index (χ0v) is 13.4. The molecule has 0 radical (unpaired) electrons. The van der Waals surface area contributed by atoms with Gasteiger partial charge in [-0.15, -0.1) is 0 Å². The lowest BCUT2D eigenvalue weighted by Crippen LogP contribution is -2.27. The first-order chi connectivity index (χ1) is 12.2. The van der Waals surface area contributed by atoms with Gasteiger partial charge in [-0.3, -0.25) is 0 Å². The molecule has 2 heterocycles. The van der Waals surface area contributed by atoms with Crippen molar-refractivity contribution >= 4 is 6.02 Å². The number of nitrogens with zero attached hydrogens (tertiary/aromatic N) is 2. The van der Waals surface area contributed by atoms with Gasteiger partial charge in [-0.05, 0) is 34.9 Å². The zero-order chi connectivity index (χ0) is 17.3. The summed E-state index contributed by atoms with van der Waals surface area (Å²) in [6.45, 7) is 0.307. The molecule has 0 bridgehead atoms. The van der Waals surface area contributed by atoms with Crippen molar-refractivity contribution in [1.29, 1.82) is 0 Å². The van der Waals surface area contributed by atoms with Crippen LogP contribution in [0.1, 0.15) is 11.1 Å². The molecule has 0 amide bonds.